The zero-order chi connectivity index (χ0) is 16.2. The SMILES string of the molecule is CC1=NN(c2ccc(C)cc2)C(=O)/C1=C/C=C/c1ccccc1. The lowest BCUT2D eigenvalue weighted by molar-refractivity contribution is -0.114. The molecule has 0 saturated heterocycles. The molecule has 3 heteroatoms. The van der Waals surface area contributed by atoms with Crippen molar-refractivity contribution in [3.8, 4) is 0 Å². The van der Waals surface area contributed by atoms with Crippen LogP contribution in [-0.4, -0.2) is 11.6 Å². The molecule has 23 heavy (non-hydrogen) atoms. The Balaban J connectivity index is 1.81. The summed E-state index contributed by atoms with van der Waals surface area (Å²) in [5, 5.41) is 5.83. The summed E-state index contributed by atoms with van der Waals surface area (Å²) in [4.78, 5) is 12.6. The van der Waals surface area contributed by atoms with Crippen molar-refractivity contribution in [2.75, 3.05) is 5.01 Å². The minimum absolute atomic E-state index is 0.0935. The monoisotopic (exact) mass is 302 g/mol. The van der Waals surface area contributed by atoms with Crippen LogP contribution >= 0.6 is 0 Å². The van der Waals surface area contributed by atoms with Gasteiger partial charge in [0.2, 0.25) is 0 Å². The molecule has 0 N–H and O–H groups in total. The number of benzene rings is 2. The molecule has 2 aromatic carbocycles. The average Bonchev–Trinajstić information content (AvgIpc) is 2.85. The van der Waals surface area contributed by atoms with Crippen LogP contribution in [-0.2, 0) is 4.79 Å². The maximum absolute atomic E-state index is 12.6. The van der Waals surface area contributed by atoms with Gasteiger partial charge in [-0.05, 0) is 37.6 Å². The molecular formula is C20H18N2O. The number of amides is 1. The van der Waals surface area contributed by atoms with Gasteiger partial charge in [0.1, 0.15) is 0 Å². The molecule has 3 nitrogen and oxygen atoms in total. The maximum atomic E-state index is 12.6. The molecule has 0 aromatic heterocycles. The first-order valence-electron chi connectivity index (χ1n) is 7.55. The van der Waals surface area contributed by atoms with E-state index in [1.807, 2.05) is 86.7 Å². The fraction of sp³-hybridized carbons (Fsp3) is 0.100. The molecule has 1 aliphatic rings. The van der Waals surface area contributed by atoms with Gasteiger partial charge in [0.15, 0.2) is 0 Å². The van der Waals surface area contributed by atoms with E-state index in [4.69, 9.17) is 0 Å². The van der Waals surface area contributed by atoms with Gasteiger partial charge in [-0.2, -0.15) is 10.1 Å². The van der Waals surface area contributed by atoms with Crippen molar-refractivity contribution in [2.24, 2.45) is 5.10 Å². The van der Waals surface area contributed by atoms with E-state index in [-0.39, 0.29) is 5.91 Å². The highest BCUT2D eigenvalue weighted by molar-refractivity contribution is 6.29. The molecule has 3 rings (SSSR count). The van der Waals surface area contributed by atoms with E-state index in [1.54, 1.807) is 0 Å². The molecule has 1 amide bonds. The number of rotatable bonds is 3. The fourth-order valence-electron chi connectivity index (χ4n) is 2.39. The van der Waals surface area contributed by atoms with Crippen molar-refractivity contribution in [3.05, 3.63) is 83.4 Å². The quantitative estimate of drug-likeness (QED) is 0.775. The topological polar surface area (TPSA) is 32.7 Å². The number of aryl methyl sites for hydroxylation is 1. The van der Waals surface area contributed by atoms with E-state index in [0.29, 0.717) is 5.57 Å². The molecule has 0 aliphatic carbocycles. The van der Waals surface area contributed by atoms with E-state index in [9.17, 15) is 4.79 Å². The number of hydrogen-bond acceptors (Lipinski definition) is 2. The Morgan fingerprint density at radius 3 is 2.35 bits per heavy atom. The fourth-order valence-corrected chi connectivity index (χ4v) is 2.39. The number of nitrogens with zero attached hydrogens (tertiary/aromatic N) is 2. The van der Waals surface area contributed by atoms with Gasteiger partial charge in [0.05, 0.1) is 17.0 Å². The third-order valence-electron chi connectivity index (χ3n) is 3.69. The number of carbonyl (C=O) groups excluding carboxylic acids is 1. The van der Waals surface area contributed by atoms with Crippen LogP contribution in [0.25, 0.3) is 6.08 Å². The van der Waals surface area contributed by atoms with Gasteiger partial charge in [0.25, 0.3) is 5.91 Å². The standard InChI is InChI=1S/C20H18N2O/c1-15-11-13-18(14-12-15)22-20(23)19(16(2)21-22)10-6-9-17-7-4-3-5-8-17/h3-14H,1-2H3/b9-6+,19-10+. The molecule has 0 bridgehead atoms. The zero-order valence-corrected chi connectivity index (χ0v) is 13.2. The van der Waals surface area contributed by atoms with E-state index in [1.165, 1.54) is 5.01 Å². The van der Waals surface area contributed by atoms with Crippen molar-refractivity contribution in [1.82, 2.24) is 0 Å². The minimum Gasteiger partial charge on any atom is -0.267 e. The molecular weight excluding hydrogens is 284 g/mol. The van der Waals surface area contributed by atoms with Crippen LogP contribution in [0.15, 0.2) is 77.4 Å². The Labute approximate surface area is 136 Å². The summed E-state index contributed by atoms with van der Waals surface area (Å²) in [6.45, 7) is 3.87. The first-order valence-corrected chi connectivity index (χ1v) is 7.55. The van der Waals surface area contributed by atoms with Gasteiger partial charge in [-0.15, -0.1) is 0 Å². The lowest BCUT2D eigenvalue weighted by Gasteiger charge is -2.11. The van der Waals surface area contributed by atoms with Crippen LogP contribution < -0.4 is 5.01 Å². The van der Waals surface area contributed by atoms with Gasteiger partial charge in [-0.25, -0.2) is 0 Å². The minimum atomic E-state index is -0.0935. The summed E-state index contributed by atoms with van der Waals surface area (Å²) in [7, 11) is 0. The third-order valence-corrected chi connectivity index (χ3v) is 3.69. The summed E-state index contributed by atoms with van der Waals surface area (Å²) in [6, 6.07) is 17.8. The first kappa shape index (κ1) is 15.0. The highest BCUT2D eigenvalue weighted by Gasteiger charge is 2.27. The molecule has 0 spiro atoms. The van der Waals surface area contributed by atoms with Crippen LogP contribution in [0.3, 0.4) is 0 Å². The lowest BCUT2D eigenvalue weighted by atomic mass is 10.1. The normalized spacial score (nSPS) is 16.4. The van der Waals surface area contributed by atoms with Gasteiger partial charge in [-0.3, -0.25) is 4.79 Å². The molecule has 0 radical (unpaired) electrons. The third kappa shape index (κ3) is 3.29. The second-order valence-corrected chi connectivity index (χ2v) is 5.49. The summed E-state index contributed by atoms with van der Waals surface area (Å²) in [5.74, 6) is -0.0935. The van der Waals surface area contributed by atoms with Crippen LogP contribution in [0.4, 0.5) is 5.69 Å². The van der Waals surface area contributed by atoms with Gasteiger partial charge in [-0.1, -0.05) is 60.2 Å². The average molecular weight is 302 g/mol. The summed E-state index contributed by atoms with van der Waals surface area (Å²) < 4.78 is 0. The van der Waals surface area contributed by atoms with Gasteiger partial charge < -0.3 is 0 Å². The Morgan fingerprint density at radius 1 is 0.957 bits per heavy atom. The van der Waals surface area contributed by atoms with E-state index in [0.717, 1.165) is 22.5 Å². The van der Waals surface area contributed by atoms with Crippen molar-refractivity contribution in [2.45, 2.75) is 13.8 Å². The number of hydrogen-bond donors (Lipinski definition) is 0. The Kier molecular flexibility index (Phi) is 4.20. The van der Waals surface area contributed by atoms with Gasteiger partial charge in [0, 0.05) is 0 Å². The van der Waals surface area contributed by atoms with Crippen LogP contribution in [0.5, 0.6) is 0 Å². The van der Waals surface area contributed by atoms with Crippen molar-refractivity contribution < 1.29 is 4.79 Å². The molecule has 1 heterocycles. The Bertz CT molecular complexity index is 799. The summed E-state index contributed by atoms with van der Waals surface area (Å²) >= 11 is 0. The highest BCUT2D eigenvalue weighted by Crippen LogP contribution is 2.23. The maximum Gasteiger partial charge on any atom is 0.280 e. The molecule has 0 atom stereocenters. The number of allylic oxidation sites excluding steroid dienone is 2. The number of carbonyl (C=O) groups is 1. The predicted octanol–water partition coefficient (Wildman–Crippen LogP) is 4.36. The largest absolute Gasteiger partial charge is 0.280 e. The molecule has 114 valence electrons. The number of hydrazone groups is 1. The lowest BCUT2D eigenvalue weighted by Crippen LogP contribution is -2.21. The van der Waals surface area contributed by atoms with Gasteiger partial charge >= 0.3 is 0 Å². The molecule has 0 saturated carbocycles. The Morgan fingerprint density at radius 2 is 1.65 bits per heavy atom. The first-order chi connectivity index (χ1) is 11.1. The van der Waals surface area contributed by atoms with Crippen LogP contribution in [0, 0.1) is 6.92 Å². The molecule has 1 aliphatic heterocycles. The molecule has 2 aromatic rings. The molecule has 0 unspecified atom stereocenters. The summed E-state index contributed by atoms with van der Waals surface area (Å²) in [5.41, 5.74) is 4.39. The zero-order valence-electron chi connectivity index (χ0n) is 13.2. The second kappa shape index (κ2) is 6.44. The Hall–Kier alpha value is -2.94. The van der Waals surface area contributed by atoms with E-state index < -0.39 is 0 Å². The molecule has 0 fully saturated rings. The van der Waals surface area contributed by atoms with Crippen molar-refractivity contribution in [1.29, 1.82) is 0 Å². The summed E-state index contributed by atoms with van der Waals surface area (Å²) in [6.07, 6.45) is 5.69. The smallest absolute Gasteiger partial charge is 0.267 e. The predicted molar refractivity (Wildman–Crippen MR) is 95.3 cm³/mol. The van der Waals surface area contributed by atoms with Crippen LogP contribution in [0.1, 0.15) is 18.1 Å². The van der Waals surface area contributed by atoms with E-state index >= 15 is 0 Å². The van der Waals surface area contributed by atoms with Crippen LogP contribution in [0.2, 0.25) is 0 Å². The second-order valence-electron chi connectivity index (χ2n) is 5.49. The van der Waals surface area contributed by atoms with Crippen molar-refractivity contribution >= 4 is 23.4 Å². The van der Waals surface area contributed by atoms with E-state index in [2.05, 4.69) is 5.10 Å². The highest BCUT2D eigenvalue weighted by atomic mass is 16.2. The number of anilines is 1. The van der Waals surface area contributed by atoms with Crippen molar-refractivity contribution in [3.63, 3.8) is 0 Å².